The quantitative estimate of drug-likeness (QED) is 0.338. The van der Waals surface area contributed by atoms with Crippen LogP contribution in [-0.2, 0) is 9.53 Å². The summed E-state index contributed by atoms with van der Waals surface area (Å²) >= 11 is 0. The molecule has 1 aromatic carbocycles. The lowest BCUT2D eigenvalue weighted by atomic mass is 9.86. The molecule has 210 valence electrons. The number of hydrogen-bond donors (Lipinski definition) is 1. The van der Waals surface area contributed by atoms with Crippen LogP contribution in [0.1, 0.15) is 41.3 Å². The fraction of sp³-hybridized carbons (Fsp3) is 0.300. The van der Waals surface area contributed by atoms with Crippen molar-refractivity contribution in [2.24, 2.45) is 0 Å². The van der Waals surface area contributed by atoms with Gasteiger partial charge in [0.15, 0.2) is 0 Å². The number of carbonyl (C=O) groups excluding carboxylic acids is 2. The van der Waals surface area contributed by atoms with Crippen LogP contribution in [0.4, 0.5) is 10.2 Å². The van der Waals surface area contributed by atoms with Gasteiger partial charge < -0.3 is 19.7 Å². The van der Waals surface area contributed by atoms with E-state index >= 15 is 0 Å². The van der Waals surface area contributed by atoms with E-state index in [9.17, 15) is 19.2 Å². The van der Waals surface area contributed by atoms with Gasteiger partial charge in [-0.15, -0.1) is 0 Å². The van der Waals surface area contributed by atoms with Gasteiger partial charge in [-0.3, -0.25) is 4.79 Å². The fourth-order valence-electron chi connectivity index (χ4n) is 5.19. The molecule has 1 amide bonds. The number of methoxy groups -OCH3 is 1. The van der Waals surface area contributed by atoms with E-state index in [1.807, 2.05) is 30.0 Å². The minimum atomic E-state index is -1.25. The van der Waals surface area contributed by atoms with Crippen LogP contribution in [0.2, 0.25) is 0 Å². The maximum absolute atomic E-state index is 13.8. The molecule has 1 fully saturated rings. The smallest absolute Gasteiger partial charge is 0.331 e. The maximum Gasteiger partial charge on any atom is 0.331 e. The number of fused-ring (bicyclic) bond motifs is 1. The Labute approximate surface area is 236 Å². The van der Waals surface area contributed by atoms with Gasteiger partial charge in [-0.2, -0.15) is 10.4 Å². The Bertz CT molecular complexity index is 1650. The summed E-state index contributed by atoms with van der Waals surface area (Å²) in [5, 5.41) is 16.7. The SMILES string of the molecule is CCOc1cc(-c2ccc(N3CCC(NC(=O)c4cc(F)ccc4C)(C(=O)OC)CC3)nc2)c2c(C#N)cnn2c1. The topological polar surface area (TPSA) is 122 Å². The molecule has 0 aliphatic carbocycles. The largest absolute Gasteiger partial charge is 0.492 e. The number of benzene rings is 1. The monoisotopic (exact) mass is 556 g/mol. The number of esters is 1. The zero-order valence-corrected chi connectivity index (χ0v) is 23.0. The van der Waals surface area contributed by atoms with Crippen molar-refractivity contribution >= 4 is 23.2 Å². The van der Waals surface area contributed by atoms with Gasteiger partial charge in [0.2, 0.25) is 0 Å². The Morgan fingerprint density at radius 3 is 2.61 bits per heavy atom. The van der Waals surface area contributed by atoms with E-state index in [4.69, 9.17) is 9.47 Å². The summed E-state index contributed by atoms with van der Waals surface area (Å²) in [5.74, 6) is -0.279. The van der Waals surface area contributed by atoms with E-state index < -0.39 is 23.2 Å². The number of amides is 1. The third-order valence-electron chi connectivity index (χ3n) is 7.39. The molecule has 0 bridgehead atoms. The first-order valence-electron chi connectivity index (χ1n) is 13.2. The number of ether oxygens (including phenoxy) is 2. The normalized spacial score (nSPS) is 14.4. The number of aryl methyl sites for hydroxylation is 1. The van der Waals surface area contributed by atoms with E-state index in [2.05, 4.69) is 21.5 Å². The molecule has 41 heavy (non-hydrogen) atoms. The number of nitriles is 1. The van der Waals surface area contributed by atoms with E-state index in [0.717, 1.165) is 17.2 Å². The standard InChI is InChI=1S/C30H29FN6O4/c1-4-41-23-14-25(27-21(15-32)17-34-37(27)18-23)20-6-8-26(33-16-20)36-11-9-30(10-12-36,29(39)40-3)35-28(38)24-13-22(31)7-5-19(24)2/h5-8,13-14,16-18H,4,9-12H2,1-3H3,(H,35,38). The van der Waals surface area contributed by atoms with Crippen molar-refractivity contribution in [1.82, 2.24) is 19.9 Å². The third kappa shape index (κ3) is 5.28. The Kier molecular flexibility index (Phi) is 7.57. The Morgan fingerprint density at radius 2 is 1.95 bits per heavy atom. The molecule has 0 spiro atoms. The highest BCUT2D eigenvalue weighted by Crippen LogP contribution is 2.33. The predicted molar refractivity (Wildman–Crippen MR) is 149 cm³/mol. The minimum Gasteiger partial charge on any atom is -0.492 e. The molecule has 4 heterocycles. The van der Waals surface area contributed by atoms with Gasteiger partial charge in [0.05, 0.1) is 37.2 Å². The van der Waals surface area contributed by atoms with Crippen LogP contribution in [0.3, 0.4) is 0 Å². The van der Waals surface area contributed by atoms with Gasteiger partial charge in [-0.1, -0.05) is 6.07 Å². The zero-order chi connectivity index (χ0) is 29.1. The number of aromatic nitrogens is 3. The van der Waals surface area contributed by atoms with Crippen molar-refractivity contribution in [3.05, 3.63) is 77.5 Å². The van der Waals surface area contributed by atoms with Crippen molar-refractivity contribution in [3.63, 3.8) is 0 Å². The highest BCUT2D eigenvalue weighted by molar-refractivity contribution is 5.99. The van der Waals surface area contributed by atoms with Crippen LogP contribution in [0, 0.1) is 24.1 Å². The Balaban J connectivity index is 1.36. The van der Waals surface area contributed by atoms with Crippen LogP contribution in [0.15, 0.2) is 55.0 Å². The summed E-state index contributed by atoms with van der Waals surface area (Å²) in [6.45, 7) is 4.94. The molecule has 1 aliphatic heterocycles. The molecule has 0 radical (unpaired) electrons. The number of anilines is 1. The fourth-order valence-corrected chi connectivity index (χ4v) is 5.19. The van der Waals surface area contributed by atoms with Crippen molar-refractivity contribution in [3.8, 4) is 22.9 Å². The first-order valence-corrected chi connectivity index (χ1v) is 13.2. The molecule has 1 N–H and O–H groups in total. The summed E-state index contributed by atoms with van der Waals surface area (Å²) in [6, 6.07) is 11.8. The molecule has 4 aromatic rings. The number of carbonyl (C=O) groups is 2. The first-order chi connectivity index (χ1) is 19.8. The first kappa shape index (κ1) is 27.6. The zero-order valence-electron chi connectivity index (χ0n) is 23.0. The van der Waals surface area contributed by atoms with Crippen molar-refractivity contribution in [2.75, 3.05) is 31.7 Å². The lowest BCUT2D eigenvalue weighted by Crippen LogP contribution is -2.60. The summed E-state index contributed by atoms with van der Waals surface area (Å²) in [7, 11) is 1.28. The van der Waals surface area contributed by atoms with Gasteiger partial charge in [0.1, 0.15) is 29.0 Å². The lowest BCUT2D eigenvalue weighted by molar-refractivity contribution is -0.149. The number of halogens is 1. The Hall–Kier alpha value is -4.98. The summed E-state index contributed by atoms with van der Waals surface area (Å²) < 4.78 is 26.2. The number of piperidine rings is 1. The van der Waals surface area contributed by atoms with Gasteiger partial charge in [-0.25, -0.2) is 18.7 Å². The van der Waals surface area contributed by atoms with Gasteiger partial charge in [-0.05, 0) is 62.6 Å². The molecule has 10 nitrogen and oxygen atoms in total. The van der Waals surface area contributed by atoms with Crippen LogP contribution < -0.4 is 15.0 Å². The molecule has 1 saturated heterocycles. The molecule has 11 heteroatoms. The molecule has 0 atom stereocenters. The molecule has 1 aliphatic rings. The van der Waals surface area contributed by atoms with Gasteiger partial charge >= 0.3 is 5.97 Å². The average molecular weight is 557 g/mol. The van der Waals surface area contributed by atoms with Crippen LogP contribution in [-0.4, -0.2) is 58.8 Å². The second-order valence-corrected chi connectivity index (χ2v) is 9.86. The van der Waals surface area contributed by atoms with Gasteiger partial charge in [0, 0.05) is 36.0 Å². The summed E-state index contributed by atoms with van der Waals surface area (Å²) in [5.41, 5.74) is 2.19. The van der Waals surface area contributed by atoms with Crippen molar-refractivity contribution in [2.45, 2.75) is 32.2 Å². The van der Waals surface area contributed by atoms with E-state index in [1.54, 1.807) is 23.8 Å². The maximum atomic E-state index is 13.8. The number of rotatable bonds is 7. The van der Waals surface area contributed by atoms with Crippen molar-refractivity contribution < 1.29 is 23.5 Å². The van der Waals surface area contributed by atoms with Crippen LogP contribution in [0.25, 0.3) is 16.6 Å². The molecule has 0 unspecified atom stereocenters. The van der Waals surface area contributed by atoms with Crippen molar-refractivity contribution in [1.29, 1.82) is 5.26 Å². The third-order valence-corrected chi connectivity index (χ3v) is 7.39. The summed E-state index contributed by atoms with van der Waals surface area (Å²) in [4.78, 5) is 32.6. The molecule has 3 aromatic heterocycles. The van der Waals surface area contributed by atoms with Crippen LogP contribution >= 0.6 is 0 Å². The number of nitrogens with one attached hydrogen (secondary N) is 1. The highest BCUT2D eigenvalue weighted by Gasteiger charge is 2.44. The second-order valence-electron chi connectivity index (χ2n) is 9.86. The number of nitrogens with zero attached hydrogens (tertiary/aromatic N) is 5. The van der Waals surface area contributed by atoms with E-state index in [1.165, 1.54) is 25.4 Å². The van der Waals surface area contributed by atoms with Crippen LogP contribution in [0.5, 0.6) is 5.75 Å². The van der Waals surface area contributed by atoms with E-state index in [0.29, 0.717) is 47.9 Å². The second kappa shape index (κ2) is 11.3. The van der Waals surface area contributed by atoms with E-state index in [-0.39, 0.29) is 18.4 Å². The minimum absolute atomic E-state index is 0.174. The molecule has 5 rings (SSSR count). The average Bonchev–Trinajstić information content (AvgIpc) is 3.41. The summed E-state index contributed by atoms with van der Waals surface area (Å²) in [6.07, 6.45) is 5.54. The lowest BCUT2D eigenvalue weighted by Gasteiger charge is -2.40. The molecule has 0 saturated carbocycles. The molecular formula is C30H29FN6O4. The van der Waals surface area contributed by atoms with Gasteiger partial charge in [0.25, 0.3) is 5.91 Å². The Morgan fingerprint density at radius 1 is 1.17 bits per heavy atom. The molecular weight excluding hydrogens is 527 g/mol. The predicted octanol–water partition coefficient (Wildman–Crippen LogP) is 4.06. The highest BCUT2D eigenvalue weighted by atomic mass is 19.1. The number of hydrogen-bond acceptors (Lipinski definition) is 8. The number of pyridine rings is 2.